The third-order valence-corrected chi connectivity index (χ3v) is 4.03. The summed E-state index contributed by atoms with van der Waals surface area (Å²) in [4.78, 5) is 24.0. The van der Waals surface area contributed by atoms with E-state index in [9.17, 15) is 9.59 Å². The lowest BCUT2D eigenvalue weighted by Crippen LogP contribution is -2.37. The number of hydrogen-bond acceptors (Lipinski definition) is 2. The molecule has 0 unspecified atom stereocenters. The first kappa shape index (κ1) is 16.6. The molecule has 1 aromatic rings. The lowest BCUT2D eigenvalue weighted by molar-refractivity contribution is 0.0951. The molecule has 1 aliphatic rings. The molecule has 1 aromatic carbocycles. The molecule has 1 fully saturated rings. The maximum Gasteiger partial charge on any atom is 0.319 e. The molecule has 0 aliphatic heterocycles. The van der Waals surface area contributed by atoms with E-state index in [-0.39, 0.29) is 24.0 Å². The summed E-state index contributed by atoms with van der Waals surface area (Å²) >= 11 is 6.07. The van der Waals surface area contributed by atoms with Crippen molar-refractivity contribution in [1.82, 2.24) is 10.6 Å². The molecule has 1 aliphatic carbocycles. The smallest absolute Gasteiger partial charge is 0.319 e. The van der Waals surface area contributed by atoms with Crippen LogP contribution in [0.2, 0.25) is 5.02 Å². The van der Waals surface area contributed by atoms with Gasteiger partial charge in [0, 0.05) is 17.8 Å². The fourth-order valence-electron chi connectivity index (χ4n) is 2.11. The van der Waals surface area contributed by atoms with Gasteiger partial charge in [0.2, 0.25) is 0 Å². The van der Waals surface area contributed by atoms with E-state index in [2.05, 4.69) is 16.0 Å². The molecule has 120 valence electrons. The number of hydrogen-bond donors (Lipinski definition) is 3. The Hall–Kier alpha value is -1.75. The summed E-state index contributed by atoms with van der Waals surface area (Å²) in [5, 5.41) is 8.90. The Balaban J connectivity index is 2.01. The van der Waals surface area contributed by atoms with Crippen molar-refractivity contribution in [3.63, 3.8) is 0 Å². The van der Waals surface area contributed by atoms with Crippen LogP contribution < -0.4 is 16.0 Å². The van der Waals surface area contributed by atoms with Gasteiger partial charge in [-0.2, -0.15) is 0 Å². The highest BCUT2D eigenvalue weighted by Crippen LogP contribution is 2.23. The molecule has 0 saturated heterocycles. The minimum Gasteiger partial charge on any atom is -0.349 e. The first-order chi connectivity index (χ1) is 10.5. The van der Waals surface area contributed by atoms with Crippen LogP contribution in [0, 0.1) is 0 Å². The lowest BCUT2D eigenvalue weighted by atomic mass is 10.1. The Kier molecular flexibility index (Phi) is 5.66. The van der Waals surface area contributed by atoms with Crippen molar-refractivity contribution in [3.8, 4) is 0 Å². The number of nitrogens with one attached hydrogen (secondary N) is 3. The van der Waals surface area contributed by atoms with Gasteiger partial charge >= 0.3 is 6.03 Å². The van der Waals surface area contributed by atoms with Gasteiger partial charge in [-0.25, -0.2) is 4.79 Å². The predicted octanol–water partition coefficient (Wildman–Crippen LogP) is 3.54. The third kappa shape index (κ3) is 4.63. The molecular weight excluding hydrogens is 302 g/mol. The van der Waals surface area contributed by atoms with Crippen molar-refractivity contribution in [3.05, 3.63) is 28.8 Å². The quantitative estimate of drug-likeness (QED) is 0.749. The summed E-state index contributed by atoms with van der Waals surface area (Å²) in [6.45, 7) is 4.05. The van der Waals surface area contributed by atoms with Gasteiger partial charge in [0.15, 0.2) is 0 Å². The topological polar surface area (TPSA) is 70.2 Å². The van der Waals surface area contributed by atoms with Crippen LogP contribution in [-0.4, -0.2) is 24.0 Å². The standard InChI is InChI=1S/C16H22ClN3O2/c1-3-10(4-2)19-16(22)20-12-7-8-14(17)13(9-12)15(21)18-11-5-6-11/h7-11H,3-6H2,1-2H3,(H,18,21)(H2,19,20,22). The van der Waals surface area contributed by atoms with Gasteiger partial charge in [0.25, 0.3) is 5.91 Å². The molecule has 5 nitrogen and oxygen atoms in total. The van der Waals surface area contributed by atoms with Gasteiger partial charge in [-0.15, -0.1) is 0 Å². The molecule has 22 heavy (non-hydrogen) atoms. The van der Waals surface area contributed by atoms with Crippen LogP contribution in [0.25, 0.3) is 0 Å². The van der Waals surface area contributed by atoms with E-state index in [1.54, 1.807) is 18.2 Å². The minimum atomic E-state index is -0.274. The Labute approximate surface area is 135 Å². The van der Waals surface area contributed by atoms with Gasteiger partial charge in [-0.05, 0) is 43.9 Å². The minimum absolute atomic E-state index is 0.143. The molecule has 0 aromatic heterocycles. The molecule has 0 spiro atoms. The number of benzene rings is 1. The lowest BCUT2D eigenvalue weighted by Gasteiger charge is -2.16. The van der Waals surface area contributed by atoms with Crippen LogP contribution in [0.15, 0.2) is 18.2 Å². The van der Waals surface area contributed by atoms with Crippen molar-refractivity contribution < 1.29 is 9.59 Å². The molecule has 0 radical (unpaired) electrons. The van der Waals surface area contributed by atoms with E-state index in [1.807, 2.05) is 13.8 Å². The molecule has 2 rings (SSSR count). The molecule has 0 heterocycles. The zero-order valence-corrected chi connectivity index (χ0v) is 13.7. The van der Waals surface area contributed by atoms with Crippen LogP contribution in [0.1, 0.15) is 49.9 Å². The van der Waals surface area contributed by atoms with Crippen LogP contribution in [0.5, 0.6) is 0 Å². The molecule has 6 heteroatoms. The Morgan fingerprint density at radius 3 is 2.55 bits per heavy atom. The third-order valence-electron chi connectivity index (χ3n) is 3.70. The second-order valence-corrected chi connectivity index (χ2v) is 5.96. The largest absolute Gasteiger partial charge is 0.349 e. The van der Waals surface area contributed by atoms with Crippen molar-refractivity contribution in [2.24, 2.45) is 0 Å². The molecule has 1 saturated carbocycles. The zero-order chi connectivity index (χ0) is 16.1. The maximum atomic E-state index is 12.1. The maximum absolute atomic E-state index is 12.1. The Bertz CT molecular complexity index is 554. The van der Waals surface area contributed by atoms with Gasteiger partial charge in [0.05, 0.1) is 10.6 Å². The van der Waals surface area contributed by atoms with Crippen molar-refractivity contribution >= 4 is 29.2 Å². The molecule has 0 bridgehead atoms. The Morgan fingerprint density at radius 1 is 1.27 bits per heavy atom. The van der Waals surface area contributed by atoms with Crippen molar-refractivity contribution in [1.29, 1.82) is 0 Å². The number of urea groups is 1. The highest BCUT2D eigenvalue weighted by molar-refractivity contribution is 6.34. The first-order valence-corrected chi connectivity index (χ1v) is 8.09. The number of carbonyl (C=O) groups is 2. The number of carbonyl (C=O) groups excluding carboxylic acids is 2. The molecular formula is C16H22ClN3O2. The molecule has 3 amide bonds. The monoisotopic (exact) mass is 323 g/mol. The van der Waals surface area contributed by atoms with Crippen LogP contribution >= 0.6 is 11.6 Å². The summed E-state index contributed by atoms with van der Waals surface area (Å²) in [5.74, 6) is -0.198. The van der Waals surface area contributed by atoms with Crippen LogP contribution in [-0.2, 0) is 0 Å². The second kappa shape index (κ2) is 7.49. The average molecular weight is 324 g/mol. The normalized spacial score (nSPS) is 13.8. The second-order valence-electron chi connectivity index (χ2n) is 5.55. The van der Waals surface area contributed by atoms with Gasteiger partial charge < -0.3 is 16.0 Å². The first-order valence-electron chi connectivity index (χ1n) is 7.71. The van der Waals surface area contributed by atoms with Crippen LogP contribution in [0.3, 0.4) is 0 Å². The fourth-order valence-corrected chi connectivity index (χ4v) is 2.32. The predicted molar refractivity (Wildman–Crippen MR) is 88.5 cm³/mol. The molecule has 3 N–H and O–H groups in total. The zero-order valence-electron chi connectivity index (χ0n) is 12.9. The SMILES string of the molecule is CCC(CC)NC(=O)Nc1ccc(Cl)c(C(=O)NC2CC2)c1. The number of anilines is 1. The number of amides is 3. The summed E-state index contributed by atoms with van der Waals surface area (Å²) in [6.07, 6.45) is 3.78. The summed E-state index contributed by atoms with van der Waals surface area (Å²) in [5.41, 5.74) is 0.933. The van der Waals surface area contributed by atoms with Gasteiger partial charge in [-0.3, -0.25) is 4.79 Å². The molecule has 0 atom stereocenters. The van der Waals surface area contributed by atoms with Crippen molar-refractivity contribution in [2.45, 2.75) is 51.6 Å². The number of halogens is 1. The Morgan fingerprint density at radius 2 is 1.95 bits per heavy atom. The van der Waals surface area contributed by atoms with Crippen LogP contribution in [0.4, 0.5) is 10.5 Å². The van der Waals surface area contributed by atoms with E-state index in [0.717, 1.165) is 25.7 Å². The van der Waals surface area contributed by atoms with E-state index >= 15 is 0 Å². The van der Waals surface area contributed by atoms with E-state index < -0.39 is 0 Å². The summed E-state index contributed by atoms with van der Waals surface area (Å²) < 4.78 is 0. The van der Waals surface area contributed by atoms with E-state index in [1.165, 1.54) is 0 Å². The summed E-state index contributed by atoms with van der Waals surface area (Å²) in [6, 6.07) is 5.04. The van der Waals surface area contributed by atoms with E-state index in [4.69, 9.17) is 11.6 Å². The average Bonchev–Trinajstić information content (AvgIpc) is 3.30. The van der Waals surface area contributed by atoms with Crippen molar-refractivity contribution in [2.75, 3.05) is 5.32 Å². The van der Waals surface area contributed by atoms with Gasteiger partial charge in [0.1, 0.15) is 0 Å². The fraction of sp³-hybridized carbons (Fsp3) is 0.500. The van der Waals surface area contributed by atoms with Gasteiger partial charge in [-0.1, -0.05) is 25.4 Å². The number of rotatable bonds is 6. The van der Waals surface area contributed by atoms with E-state index in [0.29, 0.717) is 16.3 Å². The highest BCUT2D eigenvalue weighted by Gasteiger charge is 2.24. The summed E-state index contributed by atoms with van der Waals surface area (Å²) in [7, 11) is 0. The highest BCUT2D eigenvalue weighted by atomic mass is 35.5.